The third-order valence-electron chi connectivity index (χ3n) is 6.60. The van der Waals surface area contributed by atoms with E-state index in [4.69, 9.17) is 22.7 Å². The van der Waals surface area contributed by atoms with Crippen LogP contribution in [0, 0.1) is 30.0 Å². The lowest BCUT2D eigenvalue weighted by molar-refractivity contribution is -0.137. The van der Waals surface area contributed by atoms with E-state index in [0.717, 1.165) is 25.9 Å². The van der Waals surface area contributed by atoms with Gasteiger partial charge in [0, 0.05) is 17.3 Å². The molecule has 1 saturated heterocycles. The lowest BCUT2D eigenvalue weighted by Gasteiger charge is -2.30. The number of nitrogens with one attached hydrogen (secondary N) is 3. The number of nitrogen functional groups attached to an aromatic ring is 1. The molecule has 0 saturated carbocycles. The smallest absolute Gasteiger partial charge is 0.383 e. The maximum Gasteiger partial charge on any atom is 0.416 e. The summed E-state index contributed by atoms with van der Waals surface area (Å²) in [4.78, 5) is 23.2. The number of likely N-dealkylation sites (tertiary alicyclic amines) is 1. The first-order valence-electron chi connectivity index (χ1n) is 12.5. The number of carbonyl (C=O) groups is 1. The number of aromatic nitrogens is 2. The molecule has 0 spiro atoms. The van der Waals surface area contributed by atoms with Gasteiger partial charge in [0.1, 0.15) is 23.7 Å². The predicted octanol–water partition coefficient (Wildman–Crippen LogP) is 5.36. The number of rotatable bonds is 5. The maximum absolute atomic E-state index is 14.4. The summed E-state index contributed by atoms with van der Waals surface area (Å²) in [6.45, 7) is 3.59. The largest absolute Gasteiger partial charge is 0.416 e. The van der Waals surface area contributed by atoms with Gasteiger partial charge in [-0.2, -0.15) is 13.2 Å². The summed E-state index contributed by atoms with van der Waals surface area (Å²) in [5, 5.41) is 13.5. The summed E-state index contributed by atoms with van der Waals surface area (Å²) in [6.07, 6.45) is -1.72. The Balaban J connectivity index is 1.56. The minimum atomic E-state index is -4.82. The number of nitrogens with zero attached hydrogens (tertiary/aromatic N) is 3. The van der Waals surface area contributed by atoms with Crippen LogP contribution in [0.15, 0.2) is 36.7 Å². The van der Waals surface area contributed by atoms with Crippen molar-refractivity contribution in [1.82, 2.24) is 14.9 Å². The van der Waals surface area contributed by atoms with Crippen LogP contribution in [0.25, 0.3) is 0 Å². The van der Waals surface area contributed by atoms with E-state index in [1.165, 1.54) is 18.5 Å². The number of hydrogen-bond donors (Lipinski definition) is 4. The lowest BCUT2D eigenvalue weighted by atomic mass is 10.0. The lowest BCUT2D eigenvalue weighted by Crippen LogP contribution is -2.37. The number of hydrogen-bond acceptors (Lipinski definition) is 7. The second kappa shape index (κ2) is 12.1. The molecule has 1 aliphatic heterocycles. The van der Waals surface area contributed by atoms with Crippen molar-refractivity contribution in [3.05, 3.63) is 75.3 Å². The molecule has 0 radical (unpaired) electrons. The van der Waals surface area contributed by atoms with Gasteiger partial charge in [-0.1, -0.05) is 23.6 Å². The summed E-state index contributed by atoms with van der Waals surface area (Å²) in [5.74, 6) is 3.71. The summed E-state index contributed by atoms with van der Waals surface area (Å²) >= 11 is 5.60. The molecule has 5 N–H and O–H groups in total. The number of halogens is 5. The van der Waals surface area contributed by atoms with Crippen molar-refractivity contribution < 1.29 is 22.4 Å². The molecule has 214 valence electrons. The Morgan fingerprint density at radius 2 is 1.90 bits per heavy atom. The zero-order chi connectivity index (χ0) is 29.9. The van der Waals surface area contributed by atoms with Crippen LogP contribution in [0.3, 0.4) is 0 Å². The van der Waals surface area contributed by atoms with E-state index < -0.39 is 34.1 Å². The molecule has 13 heteroatoms. The standard InChI is InChI=1S/C28H26ClF4N7O/c1-15-3-5-19(39-27(41)20-12-17(28(31,32)33)13-21(29)24(20)30)11-16(15)4-6-22(34)23-25(35)36-14-37-26(23)38-18-7-9-40(2)10-8-18/h3,5,11-14,18,34H,7-10H2,1-2H3,(H,39,41)(H3,35,36,37,38). The number of carbonyl (C=O) groups excluding carboxylic acids is 1. The molecular formula is C28H26ClF4N7O. The molecule has 8 nitrogen and oxygen atoms in total. The molecule has 2 heterocycles. The van der Waals surface area contributed by atoms with E-state index in [2.05, 4.69) is 44.4 Å². The van der Waals surface area contributed by atoms with Crippen LogP contribution >= 0.6 is 11.6 Å². The van der Waals surface area contributed by atoms with E-state index in [0.29, 0.717) is 29.1 Å². The fraction of sp³-hybridized carbons (Fsp3) is 0.286. The van der Waals surface area contributed by atoms with Gasteiger partial charge in [0.2, 0.25) is 0 Å². The first-order chi connectivity index (χ1) is 19.3. The Morgan fingerprint density at radius 1 is 1.20 bits per heavy atom. The molecule has 1 aliphatic rings. The normalized spacial score (nSPS) is 14.2. The maximum atomic E-state index is 14.4. The van der Waals surface area contributed by atoms with Gasteiger partial charge < -0.3 is 21.3 Å². The van der Waals surface area contributed by atoms with Gasteiger partial charge in [0.25, 0.3) is 5.91 Å². The second-order valence-corrected chi connectivity index (χ2v) is 10.0. The zero-order valence-electron chi connectivity index (χ0n) is 22.1. The van der Waals surface area contributed by atoms with Gasteiger partial charge >= 0.3 is 6.18 Å². The highest BCUT2D eigenvalue weighted by Crippen LogP contribution is 2.34. The third kappa shape index (κ3) is 7.11. The van der Waals surface area contributed by atoms with Crippen LogP contribution in [0.4, 0.5) is 34.9 Å². The van der Waals surface area contributed by atoms with E-state index in [1.54, 1.807) is 13.0 Å². The first-order valence-corrected chi connectivity index (χ1v) is 12.9. The average Bonchev–Trinajstić information content (AvgIpc) is 2.91. The highest BCUT2D eigenvalue weighted by atomic mass is 35.5. The highest BCUT2D eigenvalue weighted by molar-refractivity contribution is 6.31. The van der Waals surface area contributed by atoms with Crippen molar-refractivity contribution in [3.63, 3.8) is 0 Å². The Morgan fingerprint density at radius 3 is 2.59 bits per heavy atom. The fourth-order valence-electron chi connectivity index (χ4n) is 4.24. The number of nitrogens with two attached hydrogens (primary N) is 1. The summed E-state index contributed by atoms with van der Waals surface area (Å²) in [7, 11) is 2.05. The molecule has 41 heavy (non-hydrogen) atoms. The van der Waals surface area contributed by atoms with Crippen LogP contribution in [0.5, 0.6) is 0 Å². The minimum Gasteiger partial charge on any atom is -0.383 e. The van der Waals surface area contributed by atoms with E-state index >= 15 is 0 Å². The third-order valence-corrected chi connectivity index (χ3v) is 6.88. The Bertz CT molecular complexity index is 1560. The number of benzene rings is 2. The molecule has 3 aromatic rings. The molecule has 1 fully saturated rings. The topological polar surface area (TPSA) is 120 Å². The number of aryl methyl sites for hydroxylation is 1. The summed E-state index contributed by atoms with van der Waals surface area (Å²) in [5.41, 5.74) is 5.35. The molecule has 1 amide bonds. The highest BCUT2D eigenvalue weighted by Gasteiger charge is 2.33. The van der Waals surface area contributed by atoms with Gasteiger partial charge in [-0.15, -0.1) is 0 Å². The predicted molar refractivity (Wildman–Crippen MR) is 150 cm³/mol. The van der Waals surface area contributed by atoms with Gasteiger partial charge in [0.15, 0.2) is 5.82 Å². The van der Waals surface area contributed by atoms with Crippen molar-refractivity contribution in [3.8, 4) is 11.8 Å². The fourth-order valence-corrected chi connectivity index (χ4v) is 4.46. The Labute approximate surface area is 238 Å². The molecule has 0 unspecified atom stereocenters. The number of piperidine rings is 1. The first kappa shape index (κ1) is 29.8. The van der Waals surface area contributed by atoms with Crippen LogP contribution in [0.2, 0.25) is 5.02 Å². The molecular weight excluding hydrogens is 562 g/mol. The number of alkyl halides is 3. The molecule has 2 aromatic carbocycles. The average molecular weight is 588 g/mol. The van der Waals surface area contributed by atoms with Gasteiger partial charge in [0.05, 0.1) is 21.7 Å². The molecule has 4 rings (SSSR count). The quantitative estimate of drug-likeness (QED) is 0.181. The zero-order valence-corrected chi connectivity index (χ0v) is 22.8. The van der Waals surface area contributed by atoms with Crippen LogP contribution in [-0.2, 0) is 6.18 Å². The molecule has 0 aliphatic carbocycles. The Kier molecular flexibility index (Phi) is 8.80. The van der Waals surface area contributed by atoms with Crippen molar-refractivity contribution in [2.45, 2.75) is 32.0 Å². The van der Waals surface area contributed by atoms with Gasteiger partial charge in [-0.3, -0.25) is 10.2 Å². The van der Waals surface area contributed by atoms with E-state index in [-0.39, 0.29) is 28.8 Å². The van der Waals surface area contributed by atoms with E-state index in [1.807, 2.05) is 0 Å². The monoisotopic (exact) mass is 587 g/mol. The van der Waals surface area contributed by atoms with Gasteiger partial charge in [-0.25, -0.2) is 14.4 Å². The number of amides is 1. The van der Waals surface area contributed by atoms with Crippen LogP contribution < -0.4 is 16.4 Å². The van der Waals surface area contributed by atoms with Crippen LogP contribution in [-0.4, -0.2) is 52.7 Å². The second-order valence-electron chi connectivity index (χ2n) is 9.63. The molecule has 1 aromatic heterocycles. The summed E-state index contributed by atoms with van der Waals surface area (Å²) < 4.78 is 53.9. The minimum absolute atomic E-state index is 0.0919. The van der Waals surface area contributed by atoms with Gasteiger partial charge in [-0.05, 0) is 75.7 Å². The summed E-state index contributed by atoms with van der Waals surface area (Å²) in [6, 6.07) is 5.54. The van der Waals surface area contributed by atoms with Crippen molar-refractivity contribution in [2.24, 2.45) is 0 Å². The van der Waals surface area contributed by atoms with E-state index in [9.17, 15) is 22.4 Å². The SMILES string of the molecule is Cc1ccc(NC(=O)c2cc(C(F)(F)F)cc(Cl)c2F)cc1C#CC(=N)c1c(N)ncnc1NC1CCN(C)CC1. The Hall–Kier alpha value is -4.21. The molecule has 0 atom stereocenters. The number of anilines is 3. The molecule has 0 bridgehead atoms. The van der Waals surface area contributed by atoms with Crippen molar-refractivity contribution >= 4 is 40.5 Å². The van der Waals surface area contributed by atoms with Crippen molar-refractivity contribution in [2.75, 3.05) is 36.5 Å². The van der Waals surface area contributed by atoms with Crippen molar-refractivity contribution in [1.29, 1.82) is 5.41 Å². The van der Waals surface area contributed by atoms with Crippen LogP contribution in [0.1, 0.15) is 45.5 Å².